The molecule has 0 aliphatic heterocycles. The van der Waals surface area contributed by atoms with Gasteiger partial charge in [-0.25, -0.2) is 14.2 Å². The van der Waals surface area contributed by atoms with Gasteiger partial charge in [0.25, 0.3) is 0 Å². The van der Waals surface area contributed by atoms with Gasteiger partial charge in [0.1, 0.15) is 0 Å². The van der Waals surface area contributed by atoms with Crippen molar-refractivity contribution in [2.45, 2.75) is 6.92 Å². The molecule has 2 aromatic rings. The maximum absolute atomic E-state index is 13.4. The van der Waals surface area contributed by atoms with Gasteiger partial charge in [-0.2, -0.15) is 0 Å². The maximum atomic E-state index is 13.4. The summed E-state index contributed by atoms with van der Waals surface area (Å²) < 4.78 is 18.7. The molecule has 4 nitrogen and oxygen atoms in total. The fourth-order valence-corrected chi connectivity index (χ4v) is 1.39. The van der Waals surface area contributed by atoms with E-state index in [1.807, 2.05) is 0 Å². The van der Waals surface area contributed by atoms with E-state index in [4.69, 9.17) is 9.84 Å². The summed E-state index contributed by atoms with van der Waals surface area (Å²) >= 11 is 0. The van der Waals surface area contributed by atoms with Crippen molar-refractivity contribution in [3.63, 3.8) is 0 Å². The van der Waals surface area contributed by atoms with Crippen molar-refractivity contribution >= 4 is 5.97 Å². The van der Waals surface area contributed by atoms with Gasteiger partial charge < -0.3 is 9.84 Å². The smallest absolute Gasteiger partial charge is 0.354 e. The molecule has 0 saturated carbocycles. The SMILES string of the molecule is Cc1ccc(F)c(Oc2cccc(C(=O)O)n2)c1. The quantitative estimate of drug-likeness (QED) is 0.905. The Kier molecular flexibility index (Phi) is 3.23. The Morgan fingerprint density at radius 1 is 1.33 bits per heavy atom. The number of aryl methyl sites for hydroxylation is 1. The van der Waals surface area contributed by atoms with Crippen LogP contribution in [0.15, 0.2) is 36.4 Å². The molecule has 0 fully saturated rings. The summed E-state index contributed by atoms with van der Waals surface area (Å²) in [5.74, 6) is -1.63. The number of aromatic nitrogens is 1. The first-order chi connectivity index (χ1) is 8.56. The third kappa shape index (κ3) is 2.63. The molecule has 2 rings (SSSR count). The molecule has 0 unspecified atom stereocenters. The number of carboxylic acids is 1. The monoisotopic (exact) mass is 247 g/mol. The summed E-state index contributed by atoms with van der Waals surface area (Å²) in [7, 11) is 0. The first kappa shape index (κ1) is 12.0. The van der Waals surface area contributed by atoms with Crippen LogP contribution in [-0.4, -0.2) is 16.1 Å². The topological polar surface area (TPSA) is 59.4 Å². The van der Waals surface area contributed by atoms with Gasteiger partial charge in [-0.1, -0.05) is 12.1 Å². The first-order valence-corrected chi connectivity index (χ1v) is 5.20. The Hall–Kier alpha value is -2.43. The third-order valence-electron chi connectivity index (χ3n) is 2.24. The lowest BCUT2D eigenvalue weighted by molar-refractivity contribution is 0.0689. The Balaban J connectivity index is 2.31. The van der Waals surface area contributed by atoms with E-state index in [9.17, 15) is 9.18 Å². The van der Waals surface area contributed by atoms with Crippen molar-refractivity contribution in [1.29, 1.82) is 0 Å². The van der Waals surface area contributed by atoms with Crippen molar-refractivity contribution in [2.24, 2.45) is 0 Å². The Morgan fingerprint density at radius 2 is 2.11 bits per heavy atom. The molecule has 0 radical (unpaired) electrons. The largest absolute Gasteiger partial charge is 0.477 e. The lowest BCUT2D eigenvalue weighted by Gasteiger charge is -2.07. The molecule has 0 bridgehead atoms. The second kappa shape index (κ2) is 4.83. The van der Waals surface area contributed by atoms with E-state index >= 15 is 0 Å². The van der Waals surface area contributed by atoms with Crippen LogP contribution in [0.2, 0.25) is 0 Å². The lowest BCUT2D eigenvalue weighted by Crippen LogP contribution is -2.01. The van der Waals surface area contributed by atoms with Gasteiger partial charge >= 0.3 is 5.97 Å². The number of carboxylic acid groups (broad SMARTS) is 1. The standard InChI is InChI=1S/C13H10FNO3/c1-8-5-6-9(14)11(7-8)18-12-4-2-3-10(15-12)13(16)17/h2-7H,1H3,(H,16,17). The zero-order valence-corrected chi connectivity index (χ0v) is 9.55. The summed E-state index contributed by atoms with van der Waals surface area (Å²) in [6.07, 6.45) is 0. The van der Waals surface area contributed by atoms with Gasteiger partial charge in [-0.05, 0) is 30.7 Å². The van der Waals surface area contributed by atoms with Gasteiger partial charge in [0.15, 0.2) is 17.3 Å². The molecule has 5 heteroatoms. The summed E-state index contributed by atoms with van der Waals surface area (Å²) in [6.45, 7) is 1.80. The number of benzene rings is 1. The van der Waals surface area contributed by atoms with Gasteiger partial charge in [0.2, 0.25) is 5.88 Å². The number of hydrogen-bond donors (Lipinski definition) is 1. The molecule has 1 aromatic heterocycles. The zero-order valence-electron chi connectivity index (χ0n) is 9.55. The number of hydrogen-bond acceptors (Lipinski definition) is 3. The highest BCUT2D eigenvalue weighted by Gasteiger charge is 2.09. The van der Waals surface area contributed by atoms with E-state index in [1.54, 1.807) is 13.0 Å². The predicted octanol–water partition coefficient (Wildman–Crippen LogP) is 3.02. The average molecular weight is 247 g/mol. The van der Waals surface area contributed by atoms with Crippen LogP contribution < -0.4 is 4.74 Å². The predicted molar refractivity (Wildman–Crippen MR) is 62.4 cm³/mol. The number of ether oxygens (including phenoxy) is 1. The minimum Gasteiger partial charge on any atom is -0.477 e. The molecule has 0 spiro atoms. The third-order valence-corrected chi connectivity index (χ3v) is 2.24. The van der Waals surface area contributed by atoms with E-state index in [2.05, 4.69) is 4.98 Å². The minimum atomic E-state index is -1.16. The van der Waals surface area contributed by atoms with E-state index in [0.717, 1.165) is 5.56 Å². The zero-order chi connectivity index (χ0) is 13.1. The maximum Gasteiger partial charge on any atom is 0.354 e. The molecule has 92 valence electrons. The van der Waals surface area contributed by atoms with Crippen LogP contribution in [0, 0.1) is 12.7 Å². The Bertz CT molecular complexity index is 599. The molecular formula is C13H10FNO3. The van der Waals surface area contributed by atoms with Crippen LogP contribution in [0.1, 0.15) is 16.1 Å². The molecule has 1 N–H and O–H groups in total. The van der Waals surface area contributed by atoms with Crippen LogP contribution in [0.3, 0.4) is 0 Å². The highest BCUT2D eigenvalue weighted by atomic mass is 19.1. The Morgan fingerprint density at radius 3 is 2.83 bits per heavy atom. The summed E-state index contributed by atoms with van der Waals surface area (Å²) in [5.41, 5.74) is 0.682. The van der Waals surface area contributed by atoms with Crippen molar-refractivity contribution in [1.82, 2.24) is 4.98 Å². The number of halogens is 1. The fourth-order valence-electron chi connectivity index (χ4n) is 1.39. The van der Waals surface area contributed by atoms with Crippen molar-refractivity contribution in [3.05, 3.63) is 53.5 Å². The van der Waals surface area contributed by atoms with Crippen LogP contribution in [0.4, 0.5) is 4.39 Å². The highest BCUT2D eigenvalue weighted by molar-refractivity contribution is 5.85. The van der Waals surface area contributed by atoms with E-state index in [0.29, 0.717) is 0 Å². The lowest BCUT2D eigenvalue weighted by atomic mass is 10.2. The summed E-state index contributed by atoms with van der Waals surface area (Å²) in [5, 5.41) is 8.78. The van der Waals surface area contributed by atoms with Crippen molar-refractivity contribution in [2.75, 3.05) is 0 Å². The average Bonchev–Trinajstić information content (AvgIpc) is 2.34. The van der Waals surface area contributed by atoms with Gasteiger partial charge in [0, 0.05) is 6.07 Å². The van der Waals surface area contributed by atoms with Crippen molar-refractivity contribution < 1.29 is 19.0 Å². The minimum absolute atomic E-state index is 0.0186. The molecule has 1 aromatic carbocycles. The molecule has 18 heavy (non-hydrogen) atoms. The van der Waals surface area contributed by atoms with Crippen LogP contribution in [0.25, 0.3) is 0 Å². The van der Waals surface area contributed by atoms with Gasteiger partial charge in [-0.3, -0.25) is 0 Å². The van der Waals surface area contributed by atoms with Crippen LogP contribution in [-0.2, 0) is 0 Å². The summed E-state index contributed by atoms with van der Waals surface area (Å²) in [4.78, 5) is 14.5. The molecular weight excluding hydrogens is 237 g/mol. The molecule has 0 aliphatic carbocycles. The number of rotatable bonds is 3. The van der Waals surface area contributed by atoms with Crippen LogP contribution >= 0.6 is 0 Å². The van der Waals surface area contributed by atoms with Crippen molar-refractivity contribution in [3.8, 4) is 11.6 Å². The summed E-state index contributed by atoms with van der Waals surface area (Å²) in [6, 6.07) is 8.70. The van der Waals surface area contributed by atoms with E-state index in [1.165, 1.54) is 30.3 Å². The fraction of sp³-hybridized carbons (Fsp3) is 0.0769. The van der Waals surface area contributed by atoms with Gasteiger partial charge in [-0.15, -0.1) is 0 Å². The molecule has 0 atom stereocenters. The molecule has 0 amide bonds. The normalized spacial score (nSPS) is 10.1. The molecule has 0 aliphatic rings. The number of nitrogens with zero attached hydrogens (tertiary/aromatic N) is 1. The number of pyridine rings is 1. The second-order valence-electron chi connectivity index (χ2n) is 3.70. The van der Waals surface area contributed by atoms with Crippen LogP contribution in [0.5, 0.6) is 11.6 Å². The van der Waals surface area contributed by atoms with Gasteiger partial charge in [0.05, 0.1) is 0 Å². The highest BCUT2D eigenvalue weighted by Crippen LogP contribution is 2.24. The number of aromatic carboxylic acids is 1. The van der Waals surface area contributed by atoms with E-state index in [-0.39, 0.29) is 17.3 Å². The molecule has 0 saturated heterocycles. The van der Waals surface area contributed by atoms with E-state index < -0.39 is 11.8 Å². The molecule has 1 heterocycles. The first-order valence-electron chi connectivity index (χ1n) is 5.20. The Labute approximate surface area is 103 Å². The number of carbonyl (C=O) groups is 1. The second-order valence-corrected chi connectivity index (χ2v) is 3.70.